The Balaban J connectivity index is 1.78. The molecule has 0 saturated heterocycles. The third-order valence-electron chi connectivity index (χ3n) is 3.59. The van der Waals surface area contributed by atoms with Crippen molar-refractivity contribution in [2.75, 3.05) is 6.61 Å². The SMILES string of the molecule is C[C@@H](NC(=O)COC(=O)/C=C/c1ccc(OC(F)F)cc1)c1cccc(Cl)c1. The van der Waals surface area contributed by atoms with Crippen LogP contribution in [0.5, 0.6) is 5.75 Å². The molecule has 2 aromatic rings. The Labute approximate surface area is 165 Å². The van der Waals surface area contributed by atoms with Crippen LogP contribution in [-0.2, 0) is 14.3 Å². The molecule has 1 N–H and O–H groups in total. The van der Waals surface area contributed by atoms with Gasteiger partial charge in [-0.3, -0.25) is 4.79 Å². The number of alkyl halides is 2. The van der Waals surface area contributed by atoms with Gasteiger partial charge in [-0.2, -0.15) is 8.78 Å². The largest absolute Gasteiger partial charge is 0.452 e. The molecule has 1 amide bonds. The molecule has 1 atom stereocenters. The number of benzene rings is 2. The lowest BCUT2D eigenvalue weighted by molar-refractivity contribution is -0.144. The molecular formula is C20H18ClF2NO4. The number of halogens is 3. The third kappa shape index (κ3) is 7.36. The third-order valence-corrected chi connectivity index (χ3v) is 3.82. The lowest BCUT2D eigenvalue weighted by Crippen LogP contribution is -2.30. The van der Waals surface area contributed by atoms with E-state index in [4.69, 9.17) is 16.3 Å². The summed E-state index contributed by atoms with van der Waals surface area (Å²) < 4.78 is 33.3. The maximum atomic E-state index is 12.1. The van der Waals surface area contributed by atoms with E-state index in [1.807, 2.05) is 6.07 Å². The number of carbonyl (C=O) groups excluding carboxylic acids is 2. The molecule has 2 aromatic carbocycles. The van der Waals surface area contributed by atoms with E-state index < -0.39 is 25.1 Å². The number of amides is 1. The van der Waals surface area contributed by atoms with Crippen LogP contribution in [0.1, 0.15) is 24.1 Å². The van der Waals surface area contributed by atoms with Crippen molar-refractivity contribution in [2.45, 2.75) is 19.6 Å². The van der Waals surface area contributed by atoms with Crippen LogP contribution in [0.25, 0.3) is 6.08 Å². The zero-order valence-electron chi connectivity index (χ0n) is 14.9. The Morgan fingerprint density at radius 1 is 1.18 bits per heavy atom. The molecule has 0 fully saturated rings. The van der Waals surface area contributed by atoms with Gasteiger partial charge >= 0.3 is 12.6 Å². The summed E-state index contributed by atoms with van der Waals surface area (Å²) in [5.74, 6) is -1.15. The molecule has 0 aliphatic carbocycles. The van der Waals surface area contributed by atoms with E-state index in [2.05, 4.69) is 10.1 Å². The summed E-state index contributed by atoms with van der Waals surface area (Å²) in [6.45, 7) is -1.55. The van der Waals surface area contributed by atoms with Crippen molar-refractivity contribution in [1.82, 2.24) is 5.32 Å². The molecule has 0 aliphatic rings. The Hall–Kier alpha value is -2.93. The second kappa shape index (κ2) is 10.4. The van der Waals surface area contributed by atoms with Crippen molar-refractivity contribution in [2.24, 2.45) is 0 Å². The highest BCUT2D eigenvalue weighted by Gasteiger charge is 2.11. The molecule has 28 heavy (non-hydrogen) atoms. The monoisotopic (exact) mass is 409 g/mol. The second-order valence-electron chi connectivity index (χ2n) is 5.73. The van der Waals surface area contributed by atoms with Crippen LogP contribution in [0.4, 0.5) is 8.78 Å². The van der Waals surface area contributed by atoms with Crippen LogP contribution < -0.4 is 10.1 Å². The number of hydrogen-bond donors (Lipinski definition) is 1. The fourth-order valence-electron chi connectivity index (χ4n) is 2.25. The van der Waals surface area contributed by atoms with Gasteiger partial charge in [0.2, 0.25) is 0 Å². The van der Waals surface area contributed by atoms with Crippen LogP contribution in [0.2, 0.25) is 5.02 Å². The van der Waals surface area contributed by atoms with E-state index in [1.165, 1.54) is 30.3 Å². The number of carbonyl (C=O) groups is 2. The smallest absolute Gasteiger partial charge is 0.387 e. The first-order valence-corrected chi connectivity index (χ1v) is 8.66. The van der Waals surface area contributed by atoms with Crippen molar-refractivity contribution in [3.63, 3.8) is 0 Å². The van der Waals surface area contributed by atoms with Gasteiger partial charge in [0.25, 0.3) is 5.91 Å². The molecule has 0 heterocycles. The molecule has 0 aliphatic heterocycles. The van der Waals surface area contributed by atoms with Crippen LogP contribution in [-0.4, -0.2) is 25.1 Å². The van der Waals surface area contributed by atoms with Gasteiger partial charge in [0.1, 0.15) is 5.75 Å². The minimum absolute atomic E-state index is 0.0141. The Bertz CT molecular complexity index is 840. The van der Waals surface area contributed by atoms with E-state index in [9.17, 15) is 18.4 Å². The number of rotatable bonds is 8. The molecule has 8 heteroatoms. The Kier molecular flexibility index (Phi) is 7.95. The van der Waals surface area contributed by atoms with Gasteiger partial charge in [-0.05, 0) is 48.4 Å². The fraction of sp³-hybridized carbons (Fsp3) is 0.200. The van der Waals surface area contributed by atoms with Crippen molar-refractivity contribution in [1.29, 1.82) is 0 Å². The van der Waals surface area contributed by atoms with Crippen LogP contribution in [0, 0.1) is 0 Å². The topological polar surface area (TPSA) is 64.6 Å². The number of esters is 1. The minimum atomic E-state index is -2.90. The number of ether oxygens (including phenoxy) is 2. The Morgan fingerprint density at radius 2 is 1.89 bits per heavy atom. The minimum Gasteiger partial charge on any atom is -0.452 e. The summed E-state index contributed by atoms with van der Waals surface area (Å²) in [5, 5.41) is 3.26. The van der Waals surface area contributed by atoms with Crippen molar-refractivity contribution < 1.29 is 27.8 Å². The molecule has 0 saturated carbocycles. The molecular weight excluding hydrogens is 392 g/mol. The standard InChI is InChI=1S/C20H18ClF2NO4/c1-13(15-3-2-4-16(21)11-15)24-18(25)12-27-19(26)10-7-14-5-8-17(9-6-14)28-20(22)23/h2-11,13,20H,12H2,1H3,(H,24,25)/b10-7+/t13-/m1/s1. The fourth-order valence-corrected chi connectivity index (χ4v) is 2.45. The van der Waals surface area contributed by atoms with E-state index in [1.54, 1.807) is 25.1 Å². The molecule has 148 valence electrons. The quantitative estimate of drug-likeness (QED) is 0.519. The van der Waals surface area contributed by atoms with Crippen molar-refractivity contribution in [3.8, 4) is 5.75 Å². The van der Waals surface area contributed by atoms with Gasteiger partial charge in [-0.1, -0.05) is 35.9 Å². The summed E-state index contributed by atoms with van der Waals surface area (Å²) in [7, 11) is 0. The van der Waals surface area contributed by atoms with Gasteiger partial charge in [0.15, 0.2) is 6.61 Å². The average molecular weight is 410 g/mol. The first kappa shape index (κ1) is 21.4. The van der Waals surface area contributed by atoms with E-state index >= 15 is 0 Å². The first-order valence-electron chi connectivity index (χ1n) is 8.28. The van der Waals surface area contributed by atoms with Gasteiger partial charge in [-0.15, -0.1) is 0 Å². The van der Waals surface area contributed by atoms with Crippen LogP contribution >= 0.6 is 11.6 Å². The van der Waals surface area contributed by atoms with Gasteiger partial charge < -0.3 is 14.8 Å². The van der Waals surface area contributed by atoms with E-state index in [0.717, 1.165) is 11.6 Å². The zero-order chi connectivity index (χ0) is 20.5. The summed E-state index contributed by atoms with van der Waals surface area (Å²) in [6.07, 6.45) is 2.57. The van der Waals surface area contributed by atoms with Crippen molar-refractivity contribution >= 4 is 29.6 Å². The molecule has 0 unspecified atom stereocenters. The lowest BCUT2D eigenvalue weighted by atomic mass is 10.1. The zero-order valence-corrected chi connectivity index (χ0v) is 15.7. The molecule has 0 aromatic heterocycles. The first-order chi connectivity index (χ1) is 13.3. The highest BCUT2D eigenvalue weighted by molar-refractivity contribution is 6.30. The van der Waals surface area contributed by atoms with Crippen LogP contribution in [0.15, 0.2) is 54.6 Å². The molecule has 0 spiro atoms. The highest BCUT2D eigenvalue weighted by Crippen LogP contribution is 2.17. The Morgan fingerprint density at radius 3 is 2.54 bits per heavy atom. The molecule has 2 rings (SSSR count). The predicted octanol–water partition coefficient (Wildman–Crippen LogP) is 4.38. The molecule has 0 bridgehead atoms. The number of nitrogens with one attached hydrogen (secondary N) is 1. The maximum absolute atomic E-state index is 12.1. The van der Waals surface area contributed by atoms with Gasteiger partial charge in [-0.25, -0.2) is 4.79 Å². The maximum Gasteiger partial charge on any atom is 0.387 e. The van der Waals surface area contributed by atoms with E-state index in [-0.39, 0.29) is 11.8 Å². The number of hydrogen-bond acceptors (Lipinski definition) is 4. The summed E-state index contributed by atoms with van der Waals surface area (Å²) in [6, 6.07) is 12.5. The van der Waals surface area contributed by atoms with Gasteiger partial charge in [0.05, 0.1) is 6.04 Å². The lowest BCUT2D eigenvalue weighted by Gasteiger charge is -2.14. The normalized spacial score (nSPS) is 12.0. The van der Waals surface area contributed by atoms with E-state index in [0.29, 0.717) is 10.6 Å². The molecule has 5 nitrogen and oxygen atoms in total. The van der Waals surface area contributed by atoms with Crippen LogP contribution in [0.3, 0.4) is 0 Å². The second-order valence-corrected chi connectivity index (χ2v) is 6.17. The summed E-state index contributed by atoms with van der Waals surface area (Å²) >= 11 is 5.91. The predicted molar refractivity (Wildman–Crippen MR) is 101 cm³/mol. The summed E-state index contributed by atoms with van der Waals surface area (Å²) in [5.41, 5.74) is 1.41. The average Bonchev–Trinajstić information content (AvgIpc) is 2.65. The highest BCUT2D eigenvalue weighted by atomic mass is 35.5. The van der Waals surface area contributed by atoms with Crippen molar-refractivity contribution in [3.05, 3.63) is 70.8 Å². The van der Waals surface area contributed by atoms with Gasteiger partial charge in [0, 0.05) is 11.1 Å². The molecule has 0 radical (unpaired) electrons. The summed E-state index contributed by atoms with van der Waals surface area (Å²) in [4.78, 5) is 23.6.